The van der Waals surface area contributed by atoms with Crippen LogP contribution >= 0.6 is 0 Å². The molecule has 2 unspecified atom stereocenters. The lowest BCUT2D eigenvalue weighted by atomic mass is 9.56. The lowest BCUT2D eigenvalue weighted by Crippen LogP contribution is -2.41. The quantitative estimate of drug-likeness (QED) is 0.257. The Kier molecular flexibility index (Phi) is 39.9. The van der Waals surface area contributed by atoms with E-state index in [4.69, 9.17) is 0 Å². The average Bonchev–Trinajstić information content (AvgIpc) is 3.21. The molecule has 0 heterocycles. The van der Waals surface area contributed by atoms with Crippen LogP contribution in [0.3, 0.4) is 0 Å². The summed E-state index contributed by atoms with van der Waals surface area (Å²) in [7, 11) is 0. The molecular formula is C73H156. The minimum absolute atomic E-state index is 0.375. The molecule has 0 aliphatic heterocycles. The zero-order chi connectivity index (χ0) is 59.8. The molecule has 3 aliphatic carbocycles. The maximum absolute atomic E-state index is 2.38. The molecule has 0 aromatic carbocycles. The van der Waals surface area contributed by atoms with Crippen LogP contribution in [0.5, 0.6) is 0 Å². The lowest BCUT2D eigenvalue weighted by Gasteiger charge is -2.49. The highest BCUT2D eigenvalue weighted by Crippen LogP contribution is 2.50. The first-order valence-electron chi connectivity index (χ1n) is 32.1. The Morgan fingerprint density at radius 2 is 0.671 bits per heavy atom. The molecular weight excluding hydrogens is 877 g/mol. The van der Waals surface area contributed by atoms with E-state index in [-0.39, 0.29) is 0 Å². The van der Waals surface area contributed by atoms with Crippen molar-refractivity contribution in [1.29, 1.82) is 0 Å². The SMILES string of the molecule is CC(C(C)(C)C)C(C)(C)C.CC(C)(C)C(C)(C)C(C)(C)C.CC(C)C(C)(C)C(C)(C)C.CC(C)C(C)(C)C(C)C.CC(C)[C@@H](C)C(C)(C)C.CC1CCCC[C@H]1C.CC1CCC[C@@H](C)C1.CCC1CCCCC1. The van der Waals surface area contributed by atoms with Crippen molar-refractivity contribution in [3.8, 4) is 0 Å². The molecule has 0 saturated heterocycles. The molecule has 5 atom stereocenters. The Hall–Kier alpha value is 0. The Morgan fingerprint density at radius 3 is 0.767 bits per heavy atom. The third kappa shape index (κ3) is 36.7. The summed E-state index contributed by atoms with van der Waals surface area (Å²) in [6.07, 6.45) is 20.7. The van der Waals surface area contributed by atoms with E-state index in [2.05, 4.69) is 270 Å². The summed E-state index contributed by atoms with van der Waals surface area (Å²) in [5.74, 6) is 9.85. The minimum Gasteiger partial charge on any atom is -0.0651 e. The molecule has 0 heteroatoms. The largest absolute Gasteiger partial charge is 0.0651 e. The maximum Gasteiger partial charge on any atom is -0.0257 e. The van der Waals surface area contributed by atoms with E-state index in [9.17, 15) is 0 Å². The van der Waals surface area contributed by atoms with Crippen molar-refractivity contribution >= 4 is 0 Å². The van der Waals surface area contributed by atoms with Gasteiger partial charge in [-0.05, 0) is 120 Å². The van der Waals surface area contributed by atoms with Gasteiger partial charge in [0.15, 0.2) is 0 Å². The van der Waals surface area contributed by atoms with Gasteiger partial charge in [-0.1, -0.05) is 353 Å². The summed E-state index contributed by atoms with van der Waals surface area (Å²) >= 11 is 0. The standard InChI is InChI=1S/C11H24.2C10H22.2C9H20.3C8H16/c1-9(2,3)11(7,8)10(4,5)6;1-8(9(2,3)4)10(5,6)7;1-8(2)10(6,7)9(3,4)5;1-7(2)8(3)9(4,5)6;1-7(2)9(5,6)8(3)4;1-7-4-3-5-8(2)6-7;1-7-5-3-4-6-8(7)2;1-2-8-6-4-3-5-7-8/h1-8H3;2*8H,1-7H3;2*7-8H,1-6H3;2*7-8H,3-6H2,1-2H3;8H,2-7H2,1H3/t;;;8-;;2*7-,8?;/m...1.11./s1. The second-order valence-electron chi connectivity index (χ2n) is 34.8. The van der Waals surface area contributed by atoms with Crippen LogP contribution < -0.4 is 0 Å². The third-order valence-corrected chi connectivity index (χ3v) is 22.1. The van der Waals surface area contributed by atoms with E-state index < -0.39 is 0 Å². The molecule has 0 amide bonds. The topological polar surface area (TPSA) is 0 Å². The van der Waals surface area contributed by atoms with Gasteiger partial charge in [0, 0.05) is 0 Å². The van der Waals surface area contributed by atoms with Gasteiger partial charge in [0.25, 0.3) is 0 Å². The molecule has 3 fully saturated rings. The molecule has 0 nitrogen and oxygen atoms in total. The zero-order valence-corrected chi connectivity index (χ0v) is 59.8. The normalized spacial score (nSPS) is 21.2. The van der Waals surface area contributed by atoms with Gasteiger partial charge in [0.1, 0.15) is 0 Å². The number of rotatable bonds is 5. The van der Waals surface area contributed by atoms with Crippen molar-refractivity contribution in [2.24, 2.45) is 114 Å². The highest BCUT2D eigenvalue weighted by Gasteiger charge is 2.42. The van der Waals surface area contributed by atoms with Crippen LogP contribution in [0, 0.1) is 114 Å². The van der Waals surface area contributed by atoms with E-state index in [0.29, 0.717) is 48.7 Å². The molecule has 0 aromatic rings. The predicted octanol–water partition coefficient (Wildman–Crippen LogP) is 26.8. The molecule has 0 aromatic heterocycles. The van der Waals surface area contributed by atoms with Crippen molar-refractivity contribution in [1.82, 2.24) is 0 Å². The van der Waals surface area contributed by atoms with E-state index in [1.54, 1.807) is 0 Å². The van der Waals surface area contributed by atoms with Gasteiger partial charge >= 0.3 is 0 Å². The van der Waals surface area contributed by atoms with E-state index in [0.717, 1.165) is 65.1 Å². The molecule has 3 aliphatic rings. The fraction of sp³-hybridized carbons (Fsp3) is 1.00. The fourth-order valence-electron chi connectivity index (χ4n) is 9.79. The Morgan fingerprint density at radius 1 is 0.356 bits per heavy atom. The molecule has 0 spiro atoms. The fourth-order valence-corrected chi connectivity index (χ4v) is 9.79. The monoisotopic (exact) mass is 1030 g/mol. The van der Waals surface area contributed by atoms with Gasteiger partial charge in [-0.25, -0.2) is 0 Å². The van der Waals surface area contributed by atoms with Crippen LogP contribution in [-0.4, -0.2) is 0 Å². The first-order valence-corrected chi connectivity index (χ1v) is 32.1. The molecule has 448 valence electrons. The molecule has 0 N–H and O–H groups in total. The highest BCUT2D eigenvalue weighted by atomic mass is 14.5. The van der Waals surface area contributed by atoms with Crippen LogP contribution in [0.25, 0.3) is 0 Å². The predicted molar refractivity (Wildman–Crippen MR) is 346 cm³/mol. The van der Waals surface area contributed by atoms with Crippen molar-refractivity contribution in [3.05, 3.63) is 0 Å². The van der Waals surface area contributed by atoms with Crippen LogP contribution in [0.1, 0.15) is 360 Å². The maximum atomic E-state index is 2.38. The molecule has 3 saturated carbocycles. The van der Waals surface area contributed by atoms with Crippen molar-refractivity contribution in [3.63, 3.8) is 0 Å². The first kappa shape index (κ1) is 81.8. The summed E-state index contributed by atoms with van der Waals surface area (Å²) in [5.41, 5.74) is 3.86. The second kappa shape index (κ2) is 35.6. The molecule has 0 radical (unpaired) electrons. The summed E-state index contributed by atoms with van der Waals surface area (Å²) < 4.78 is 0. The van der Waals surface area contributed by atoms with Gasteiger partial charge in [0.05, 0.1) is 0 Å². The smallest absolute Gasteiger partial charge is 0.0257 e. The van der Waals surface area contributed by atoms with Gasteiger partial charge in [-0.15, -0.1) is 0 Å². The number of hydrogen-bond donors (Lipinski definition) is 0. The van der Waals surface area contributed by atoms with Gasteiger partial charge in [0.2, 0.25) is 0 Å². The zero-order valence-electron chi connectivity index (χ0n) is 59.8. The van der Waals surface area contributed by atoms with Gasteiger partial charge < -0.3 is 0 Å². The van der Waals surface area contributed by atoms with Crippen LogP contribution in [0.15, 0.2) is 0 Å². The van der Waals surface area contributed by atoms with Crippen molar-refractivity contribution in [2.45, 2.75) is 360 Å². The summed E-state index contributed by atoms with van der Waals surface area (Å²) in [6.45, 7) is 90.5. The molecule has 73 heavy (non-hydrogen) atoms. The van der Waals surface area contributed by atoms with Crippen molar-refractivity contribution in [2.75, 3.05) is 0 Å². The minimum atomic E-state index is 0.375. The van der Waals surface area contributed by atoms with E-state index >= 15 is 0 Å². The molecule has 3 rings (SSSR count). The van der Waals surface area contributed by atoms with Crippen LogP contribution in [-0.2, 0) is 0 Å². The van der Waals surface area contributed by atoms with E-state index in [1.807, 2.05) is 0 Å². The first-order chi connectivity index (χ1) is 32.1. The summed E-state index contributed by atoms with van der Waals surface area (Å²) in [6, 6.07) is 0. The van der Waals surface area contributed by atoms with E-state index in [1.165, 1.54) is 89.9 Å². The second-order valence-corrected chi connectivity index (χ2v) is 34.8. The highest BCUT2D eigenvalue weighted by molar-refractivity contribution is 4.91. The van der Waals surface area contributed by atoms with Crippen LogP contribution in [0.2, 0.25) is 0 Å². The molecule has 0 bridgehead atoms. The van der Waals surface area contributed by atoms with Crippen LogP contribution in [0.4, 0.5) is 0 Å². The Labute approximate surface area is 471 Å². The number of hydrogen-bond acceptors (Lipinski definition) is 0. The summed E-state index contributed by atoms with van der Waals surface area (Å²) in [5, 5.41) is 0. The van der Waals surface area contributed by atoms with Crippen molar-refractivity contribution < 1.29 is 0 Å². The van der Waals surface area contributed by atoms with Gasteiger partial charge in [-0.3, -0.25) is 0 Å². The average molecular weight is 1030 g/mol. The van der Waals surface area contributed by atoms with Gasteiger partial charge in [-0.2, -0.15) is 0 Å². The summed E-state index contributed by atoms with van der Waals surface area (Å²) in [4.78, 5) is 0. The lowest BCUT2D eigenvalue weighted by molar-refractivity contribution is 0.00575. The Balaban J connectivity index is -0.000000242. The Bertz CT molecular complexity index is 1200. The third-order valence-electron chi connectivity index (χ3n) is 22.1.